The van der Waals surface area contributed by atoms with E-state index in [1.807, 2.05) is 0 Å². The fraction of sp³-hybridized carbons (Fsp3) is 0.417. The van der Waals surface area contributed by atoms with Crippen molar-refractivity contribution in [3.05, 3.63) is 29.8 Å². The van der Waals surface area contributed by atoms with E-state index in [2.05, 4.69) is 10.1 Å². The van der Waals surface area contributed by atoms with E-state index in [0.717, 1.165) is 12.1 Å². The standard InChI is InChI=1S/C12H15F3N2O2.ClH/c1-16-6-7-17(2)11(18)9-4-3-5-10(8-9)19-12(13,14)15;/h3-5,8,16H,6-7H2,1-2H3;1H. The third-order valence-electron chi connectivity index (χ3n) is 2.36. The van der Waals surface area contributed by atoms with Gasteiger partial charge in [-0.1, -0.05) is 6.07 Å². The largest absolute Gasteiger partial charge is 0.573 e. The van der Waals surface area contributed by atoms with Crippen LogP contribution in [0.5, 0.6) is 5.75 Å². The van der Waals surface area contributed by atoms with Crippen molar-refractivity contribution in [3.63, 3.8) is 0 Å². The van der Waals surface area contributed by atoms with Crippen LogP contribution in [0.4, 0.5) is 13.2 Å². The predicted molar refractivity (Wildman–Crippen MR) is 71.3 cm³/mol. The minimum atomic E-state index is -4.76. The SMILES string of the molecule is CNCCN(C)C(=O)c1cccc(OC(F)(F)F)c1.Cl. The number of rotatable bonds is 5. The van der Waals surface area contributed by atoms with Crippen LogP contribution in [-0.4, -0.2) is 44.4 Å². The number of likely N-dealkylation sites (N-methyl/N-ethyl adjacent to an activating group) is 2. The maximum Gasteiger partial charge on any atom is 0.573 e. The molecule has 0 spiro atoms. The Hall–Kier alpha value is -1.47. The first-order chi connectivity index (χ1) is 8.83. The molecule has 20 heavy (non-hydrogen) atoms. The maximum atomic E-state index is 12.1. The Morgan fingerprint density at radius 3 is 2.60 bits per heavy atom. The first kappa shape index (κ1) is 18.5. The molecule has 4 nitrogen and oxygen atoms in total. The van der Waals surface area contributed by atoms with E-state index in [4.69, 9.17) is 0 Å². The minimum Gasteiger partial charge on any atom is -0.406 e. The maximum absolute atomic E-state index is 12.1. The molecule has 0 heterocycles. The Morgan fingerprint density at radius 2 is 2.05 bits per heavy atom. The zero-order valence-corrected chi connectivity index (χ0v) is 11.8. The van der Waals surface area contributed by atoms with Gasteiger partial charge in [0.25, 0.3) is 5.91 Å². The molecule has 1 aromatic rings. The molecule has 0 atom stereocenters. The summed E-state index contributed by atoms with van der Waals surface area (Å²) in [5.74, 6) is -0.761. The molecule has 8 heteroatoms. The van der Waals surface area contributed by atoms with Crippen LogP contribution >= 0.6 is 12.4 Å². The van der Waals surface area contributed by atoms with E-state index in [9.17, 15) is 18.0 Å². The third kappa shape index (κ3) is 6.12. The van der Waals surface area contributed by atoms with Crippen LogP contribution in [0.2, 0.25) is 0 Å². The molecule has 0 aliphatic rings. The molecule has 1 rings (SSSR count). The van der Waals surface area contributed by atoms with Crippen LogP contribution in [0, 0.1) is 0 Å². The van der Waals surface area contributed by atoms with Gasteiger partial charge >= 0.3 is 6.36 Å². The molecule has 1 amide bonds. The van der Waals surface area contributed by atoms with E-state index in [1.54, 1.807) is 14.1 Å². The van der Waals surface area contributed by atoms with Crippen LogP contribution in [0.1, 0.15) is 10.4 Å². The number of halogens is 4. The van der Waals surface area contributed by atoms with Gasteiger partial charge in [0.1, 0.15) is 5.75 Å². The molecule has 0 saturated carbocycles. The summed E-state index contributed by atoms with van der Waals surface area (Å²) in [4.78, 5) is 13.3. The number of hydrogen-bond donors (Lipinski definition) is 1. The summed E-state index contributed by atoms with van der Waals surface area (Å²) in [7, 11) is 3.33. The van der Waals surface area contributed by atoms with Crippen molar-refractivity contribution in [1.82, 2.24) is 10.2 Å². The summed E-state index contributed by atoms with van der Waals surface area (Å²) in [6.45, 7) is 1.06. The van der Waals surface area contributed by atoms with E-state index < -0.39 is 12.1 Å². The molecular formula is C12H16ClF3N2O2. The summed E-state index contributed by atoms with van der Waals surface area (Å²) < 4.78 is 40.0. The first-order valence-electron chi connectivity index (χ1n) is 5.59. The number of carbonyl (C=O) groups is 1. The summed E-state index contributed by atoms with van der Waals surface area (Å²) in [6, 6.07) is 5.02. The van der Waals surface area contributed by atoms with Gasteiger partial charge in [0.2, 0.25) is 0 Å². The van der Waals surface area contributed by atoms with Gasteiger partial charge in [0.05, 0.1) is 0 Å². The van der Waals surface area contributed by atoms with E-state index in [1.165, 1.54) is 17.0 Å². The lowest BCUT2D eigenvalue weighted by molar-refractivity contribution is -0.274. The molecule has 0 radical (unpaired) electrons. The Morgan fingerprint density at radius 1 is 1.40 bits per heavy atom. The Balaban J connectivity index is 0.00000361. The van der Waals surface area contributed by atoms with Gasteiger partial charge < -0.3 is 15.0 Å². The number of ether oxygens (including phenoxy) is 1. The highest BCUT2D eigenvalue weighted by Gasteiger charge is 2.31. The molecule has 1 aromatic carbocycles. The third-order valence-corrected chi connectivity index (χ3v) is 2.36. The van der Waals surface area contributed by atoms with Crippen molar-refractivity contribution in [2.45, 2.75) is 6.36 Å². The summed E-state index contributed by atoms with van der Waals surface area (Å²) in [5, 5.41) is 2.88. The minimum absolute atomic E-state index is 0. The van der Waals surface area contributed by atoms with Crippen molar-refractivity contribution in [3.8, 4) is 5.75 Å². The molecule has 0 saturated heterocycles. The number of amides is 1. The molecule has 0 fully saturated rings. The molecule has 0 aromatic heterocycles. The van der Waals surface area contributed by atoms with Crippen LogP contribution in [-0.2, 0) is 0 Å². The molecule has 0 unspecified atom stereocenters. The van der Waals surface area contributed by atoms with Crippen molar-refractivity contribution >= 4 is 18.3 Å². The lowest BCUT2D eigenvalue weighted by Gasteiger charge is -2.17. The lowest BCUT2D eigenvalue weighted by atomic mass is 10.2. The first-order valence-corrected chi connectivity index (χ1v) is 5.59. The second-order valence-corrected chi connectivity index (χ2v) is 3.91. The van der Waals surface area contributed by atoms with Crippen LogP contribution in [0.15, 0.2) is 24.3 Å². The van der Waals surface area contributed by atoms with E-state index >= 15 is 0 Å². The molecular weight excluding hydrogens is 297 g/mol. The average molecular weight is 313 g/mol. The normalized spacial score (nSPS) is 10.7. The molecule has 0 aliphatic carbocycles. The van der Waals surface area contributed by atoms with Crippen LogP contribution in [0.25, 0.3) is 0 Å². The summed E-state index contributed by atoms with van der Waals surface area (Å²) in [6.07, 6.45) is -4.76. The quantitative estimate of drug-likeness (QED) is 0.907. The molecule has 0 aliphatic heterocycles. The fourth-order valence-corrected chi connectivity index (χ4v) is 1.43. The number of nitrogens with one attached hydrogen (secondary N) is 1. The highest BCUT2D eigenvalue weighted by Crippen LogP contribution is 2.23. The van der Waals surface area contributed by atoms with Crippen LogP contribution in [0.3, 0.4) is 0 Å². The molecule has 114 valence electrons. The Labute approximate surface area is 121 Å². The lowest BCUT2D eigenvalue weighted by Crippen LogP contribution is -2.32. The summed E-state index contributed by atoms with van der Waals surface area (Å²) >= 11 is 0. The van der Waals surface area contributed by atoms with Gasteiger partial charge in [-0.05, 0) is 25.2 Å². The fourth-order valence-electron chi connectivity index (χ4n) is 1.43. The Kier molecular flexibility index (Phi) is 7.38. The van der Waals surface area contributed by atoms with Crippen LogP contribution < -0.4 is 10.1 Å². The van der Waals surface area contributed by atoms with Gasteiger partial charge in [-0.2, -0.15) is 0 Å². The van der Waals surface area contributed by atoms with Gasteiger partial charge in [0, 0.05) is 25.7 Å². The molecule has 0 bridgehead atoms. The smallest absolute Gasteiger partial charge is 0.406 e. The highest BCUT2D eigenvalue weighted by molar-refractivity contribution is 5.94. The van der Waals surface area contributed by atoms with Crippen molar-refractivity contribution in [2.75, 3.05) is 27.2 Å². The number of carbonyl (C=O) groups excluding carboxylic acids is 1. The second kappa shape index (κ2) is 7.96. The number of nitrogens with zero attached hydrogens (tertiary/aromatic N) is 1. The zero-order chi connectivity index (χ0) is 14.5. The zero-order valence-electron chi connectivity index (χ0n) is 11.0. The van der Waals surface area contributed by atoms with E-state index in [0.29, 0.717) is 13.1 Å². The Bertz CT molecular complexity index is 441. The van der Waals surface area contributed by atoms with Crippen molar-refractivity contribution in [1.29, 1.82) is 0 Å². The number of hydrogen-bond acceptors (Lipinski definition) is 3. The topological polar surface area (TPSA) is 41.6 Å². The second-order valence-electron chi connectivity index (χ2n) is 3.91. The summed E-state index contributed by atoms with van der Waals surface area (Å²) in [5.41, 5.74) is 0.153. The van der Waals surface area contributed by atoms with Gasteiger partial charge in [-0.25, -0.2) is 0 Å². The average Bonchev–Trinajstić information content (AvgIpc) is 2.33. The van der Waals surface area contributed by atoms with Crippen molar-refractivity contribution in [2.24, 2.45) is 0 Å². The van der Waals surface area contributed by atoms with Gasteiger partial charge in [-0.15, -0.1) is 25.6 Å². The van der Waals surface area contributed by atoms with E-state index in [-0.39, 0.29) is 23.9 Å². The van der Waals surface area contributed by atoms with Gasteiger partial charge in [-0.3, -0.25) is 4.79 Å². The highest BCUT2D eigenvalue weighted by atomic mass is 35.5. The molecule has 1 N–H and O–H groups in total. The number of benzene rings is 1. The number of alkyl halides is 3. The predicted octanol–water partition coefficient (Wildman–Crippen LogP) is 2.30. The monoisotopic (exact) mass is 312 g/mol. The van der Waals surface area contributed by atoms with Gasteiger partial charge in [0.15, 0.2) is 0 Å². The van der Waals surface area contributed by atoms with Crippen molar-refractivity contribution < 1.29 is 22.7 Å².